The molecule has 10 heteroatoms. The van der Waals surface area contributed by atoms with Crippen molar-refractivity contribution in [3.05, 3.63) is 35.4 Å². The first kappa shape index (κ1) is 20.6. The van der Waals surface area contributed by atoms with Gasteiger partial charge in [0.15, 0.2) is 0 Å². The number of alkyl halides is 9. The molecule has 0 amide bonds. The maximum atomic E-state index is 13.6. The Balaban J connectivity index is 3.29. The second kappa shape index (κ2) is 6.12. The first-order chi connectivity index (χ1) is 10.6. The molecular formula is C14H12F9O. The van der Waals surface area contributed by atoms with E-state index < -0.39 is 41.5 Å². The van der Waals surface area contributed by atoms with Gasteiger partial charge in [0.1, 0.15) is 6.10 Å². The Labute approximate surface area is 131 Å². The van der Waals surface area contributed by atoms with Gasteiger partial charge in [0.25, 0.3) is 0 Å². The third-order valence-electron chi connectivity index (χ3n) is 3.35. The van der Waals surface area contributed by atoms with Crippen LogP contribution in [0.15, 0.2) is 24.3 Å². The van der Waals surface area contributed by atoms with Crippen LogP contribution in [0.4, 0.5) is 39.5 Å². The minimum atomic E-state index is -6.94. The van der Waals surface area contributed by atoms with Crippen molar-refractivity contribution in [1.29, 1.82) is 0 Å². The standard InChI is InChI=1S/C14H12F9O/c1-7(2)10(24)8-3-5-9(6-4-8)11(15,16)12(17,18)13(19,20)14(21,22)23/h3-7,10H,1-2H3. The van der Waals surface area contributed by atoms with E-state index in [9.17, 15) is 44.6 Å². The van der Waals surface area contributed by atoms with Gasteiger partial charge in [0.2, 0.25) is 0 Å². The molecule has 0 bridgehead atoms. The molecule has 0 saturated carbocycles. The summed E-state index contributed by atoms with van der Waals surface area (Å²) in [7, 11) is 0. The van der Waals surface area contributed by atoms with Crippen molar-refractivity contribution < 1.29 is 44.6 Å². The van der Waals surface area contributed by atoms with Crippen molar-refractivity contribution in [2.75, 3.05) is 0 Å². The van der Waals surface area contributed by atoms with E-state index in [1.807, 2.05) is 0 Å². The third-order valence-corrected chi connectivity index (χ3v) is 3.35. The van der Waals surface area contributed by atoms with Gasteiger partial charge in [-0.1, -0.05) is 38.1 Å². The highest BCUT2D eigenvalue weighted by Gasteiger charge is 2.81. The summed E-state index contributed by atoms with van der Waals surface area (Å²) in [5.41, 5.74) is -1.84. The van der Waals surface area contributed by atoms with E-state index >= 15 is 0 Å². The summed E-state index contributed by atoms with van der Waals surface area (Å²) in [5, 5.41) is 11.7. The van der Waals surface area contributed by atoms with Gasteiger partial charge in [0.05, 0.1) is 0 Å². The van der Waals surface area contributed by atoms with Crippen LogP contribution < -0.4 is 0 Å². The average Bonchev–Trinajstić information content (AvgIpc) is 2.44. The highest BCUT2D eigenvalue weighted by Crippen LogP contribution is 2.56. The summed E-state index contributed by atoms with van der Waals surface area (Å²) >= 11 is 0. The Kier molecular flexibility index (Phi) is 5.25. The molecule has 137 valence electrons. The van der Waals surface area contributed by atoms with Crippen molar-refractivity contribution in [1.82, 2.24) is 0 Å². The zero-order valence-electron chi connectivity index (χ0n) is 12.3. The summed E-state index contributed by atoms with van der Waals surface area (Å²) in [6.45, 7) is 3.00. The molecule has 0 spiro atoms. The van der Waals surface area contributed by atoms with Gasteiger partial charge in [-0.3, -0.25) is 0 Å². The molecule has 24 heavy (non-hydrogen) atoms. The minimum Gasteiger partial charge on any atom is -0.228 e. The summed E-state index contributed by atoms with van der Waals surface area (Å²) in [5.74, 6) is -19.9. The van der Waals surface area contributed by atoms with Gasteiger partial charge in [-0.15, -0.1) is 0 Å². The second-order valence-electron chi connectivity index (χ2n) is 5.51. The quantitative estimate of drug-likeness (QED) is 0.592. The molecule has 1 atom stereocenters. The number of hydrogen-bond acceptors (Lipinski definition) is 0. The zero-order valence-corrected chi connectivity index (χ0v) is 12.3. The molecule has 1 nitrogen and oxygen atoms in total. The number of rotatable bonds is 5. The summed E-state index contributed by atoms with van der Waals surface area (Å²) < 4.78 is 116. The van der Waals surface area contributed by atoms with Crippen molar-refractivity contribution >= 4 is 0 Å². The first-order valence-electron chi connectivity index (χ1n) is 6.53. The minimum absolute atomic E-state index is 0.0875. The van der Waals surface area contributed by atoms with Crippen LogP contribution in [-0.4, -0.2) is 18.0 Å². The van der Waals surface area contributed by atoms with Gasteiger partial charge in [0, 0.05) is 5.56 Å². The predicted octanol–water partition coefficient (Wildman–Crippen LogP) is 5.74. The highest BCUT2D eigenvalue weighted by atomic mass is 19.4. The number of hydrogen-bond donors (Lipinski definition) is 0. The lowest BCUT2D eigenvalue weighted by Crippen LogP contribution is -2.59. The summed E-state index contributed by atoms with van der Waals surface area (Å²) in [6.07, 6.45) is -8.26. The SMILES string of the molecule is CC(C)C([O])c1ccc(C(F)(F)C(F)(F)C(F)(F)C(F)(F)F)cc1. The van der Waals surface area contributed by atoms with Crippen LogP contribution in [0.25, 0.3) is 0 Å². The molecule has 1 aromatic rings. The van der Waals surface area contributed by atoms with E-state index in [1.165, 1.54) is 13.8 Å². The fourth-order valence-electron chi connectivity index (χ4n) is 1.82. The lowest BCUT2D eigenvalue weighted by atomic mass is 9.93. The Morgan fingerprint density at radius 2 is 1.17 bits per heavy atom. The Morgan fingerprint density at radius 3 is 1.50 bits per heavy atom. The topological polar surface area (TPSA) is 19.9 Å². The number of benzene rings is 1. The Morgan fingerprint density at radius 1 is 0.750 bits per heavy atom. The molecular weight excluding hydrogens is 355 g/mol. The van der Waals surface area contributed by atoms with Crippen LogP contribution in [0, 0.1) is 5.92 Å². The largest absolute Gasteiger partial charge is 0.460 e. The molecule has 0 N–H and O–H groups in total. The summed E-state index contributed by atoms with van der Waals surface area (Å²) in [6, 6.07) is 1.87. The smallest absolute Gasteiger partial charge is 0.228 e. The first-order valence-corrected chi connectivity index (χ1v) is 6.53. The van der Waals surface area contributed by atoms with Crippen LogP contribution in [0.2, 0.25) is 0 Å². The van der Waals surface area contributed by atoms with Gasteiger partial charge < -0.3 is 0 Å². The van der Waals surface area contributed by atoms with Gasteiger partial charge in [-0.05, 0) is 11.5 Å². The molecule has 0 saturated heterocycles. The molecule has 1 rings (SSSR count). The summed E-state index contributed by atoms with van der Waals surface area (Å²) in [4.78, 5) is 0. The fraction of sp³-hybridized carbons (Fsp3) is 0.571. The lowest BCUT2D eigenvalue weighted by molar-refractivity contribution is -0.399. The van der Waals surface area contributed by atoms with Crippen molar-refractivity contribution in [2.24, 2.45) is 5.92 Å². The van der Waals surface area contributed by atoms with E-state index in [2.05, 4.69) is 0 Å². The van der Waals surface area contributed by atoms with Crippen LogP contribution in [-0.2, 0) is 11.0 Å². The molecule has 0 aliphatic carbocycles. The van der Waals surface area contributed by atoms with E-state index in [0.29, 0.717) is 12.1 Å². The molecule has 1 unspecified atom stereocenters. The van der Waals surface area contributed by atoms with Crippen LogP contribution >= 0.6 is 0 Å². The highest BCUT2D eigenvalue weighted by molar-refractivity contribution is 5.29. The predicted molar refractivity (Wildman–Crippen MR) is 64.6 cm³/mol. The van der Waals surface area contributed by atoms with E-state index in [0.717, 1.165) is 0 Å². The van der Waals surface area contributed by atoms with Gasteiger partial charge >= 0.3 is 23.9 Å². The Hall–Kier alpha value is -1.45. The van der Waals surface area contributed by atoms with E-state index in [4.69, 9.17) is 0 Å². The zero-order chi connectivity index (χ0) is 19.1. The monoisotopic (exact) mass is 367 g/mol. The third kappa shape index (κ3) is 3.20. The maximum absolute atomic E-state index is 13.6. The van der Waals surface area contributed by atoms with Crippen LogP contribution in [0.1, 0.15) is 31.1 Å². The van der Waals surface area contributed by atoms with Crippen molar-refractivity contribution in [3.63, 3.8) is 0 Å². The molecule has 1 radical (unpaired) electrons. The van der Waals surface area contributed by atoms with E-state index in [-0.39, 0.29) is 17.7 Å². The Bertz CT molecular complexity index is 561. The molecule has 0 aromatic heterocycles. The molecule has 0 heterocycles. The van der Waals surface area contributed by atoms with Crippen molar-refractivity contribution in [2.45, 2.75) is 43.9 Å². The fourth-order valence-corrected chi connectivity index (χ4v) is 1.82. The molecule has 0 aliphatic rings. The molecule has 0 aliphatic heterocycles. The molecule has 1 aromatic carbocycles. The average molecular weight is 367 g/mol. The lowest BCUT2D eigenvalue weighted by Gasteiger charge is -2.33. The maximum Gasteiger partial charge on any atom is 0.460 e. The van der Waals surface area contributed by atoms with Crippen LogP contribution in [0.3, 0.4) is 0 Å². The van der Waals surface area contributed by atoms with Crippen molar-refractivity contribution in [3.8, 4) is 0 Å². The normalized spacial score (nSPS) is 15.7. The molecule has 0 fully saturated rings. The van der Waals surface area contributed by atoms with Gasteiger partial charge in [-0.25, -0.2) is 5.11 Å². The second-order valence-corrected chi connectivity index (χ2v) is 5.51. The van der Waals surface area contributed by atoms with Gasteiger partial charge in [-0.2, -0.15) is 39.5 Å². The number of halogens is 9. The van der Waals surface area contributed by atoms with Crippen LogP contribution in [0.5, 0.6) is 0 Å². The van der Waals surface area contributed by atoms with E-state index in [1.54, 1.807) is 0 Å².